The second-order valence-electron chi connectivity index (χ2n) is 10.5. The number of piperidine rings is 2. The maximum absolute atomic E-state index is 13.3. The second kappa shape index (κ2) is 8.06. The summed E-state index contributed by atoms with van der Waals surface area (Å²) in [6.07, 6.45) is 10.3. The van der Waals surface area contributed by atoms with Gasteiger partial charge in [-0.1, -0.05) is 0 Å². The molecule has 4 heterocycles. The number of fused-ring (bicyclic) bond motifs is 1. The van der Waals surface area contributed by atoms with Crippen molar-refractivity contribution in [2.45, 2.75) is 64.7 Å². The topological polar surface area (TPSA) is 104 Å². The molecule has 1 N–H and O–H groups in total. The number of likely N-dealkylation sites (tertiary alicyclic amines) is 2. The second-order valence-corrected chi connectivity index (χ2v) is 10.5. The molecule has 4 aliphatic rings. The number of aromatic amines is 1. The Morgan fingerprint density at radius 2 is 1.79 bits per heavy atom. The van der Waals surface area contributed by atoms with Gasteiger partial charge in [0.2, 0.25) is 11.9 Å². The zero-order chi connectivity index (χ0) is 23.4. The SMILES string of the molecule is Cc1c(C(=O)N2CCC3(CC2)CC3C(=O)N2CCCCC2)cnn1-c1nc2c(c(=O)[nH]1)CCC2. The number of aromatic nitrogens is 4. The summed E-state index contributed by atoms with van der Waals surface area (Å²) in [6, 6.07) is 0. The maximum atomic E-state index is 13.3. The molecule has 0 aromatic carbocycles. The molecule has 1 saturated carbocycles. The van der Waals surface area contributed by atoms with Gasteiger partial charge in [0.1, 0.15) is 0 Å². The minimum Gasteiger partial charge on any atom is -0.342 e. The first-order valence-corrected chi connectivity index (χ1v) is 12.7. The van der Waals surface area contributed by atoms with Crippen LogP contribution in [-0.4, -0.2) is 67.5 Å². The van der Waals surface area contributed by atoms with Crippen LogP contribution in [0.25, 0.3) is 5.95 Å². The van der Waals surface area contributed by atoms with Crippen LogP contribution in [0.2, 0.25) is 0 Å². The number of H-pyrrole nitrogens is 1. The molecule has 1 atom stereocenters. The van der Waals surface area contributed by atoms with Gasteiger partial charge < -0.3 is 9.80 Å². The lowest BCUT2D eigenvalue weighted by Gasteiger charge is -2.34. The fourth-order valence-electron chi connectivity index (χ4n) is 6.27. The van der Waals surface area contributed by atoms with Crippen molar-refractivity contribution in [2.75, 3.05) is 26.2 Å². The van der Waals surface area contributed by atoms with Crippen LogP contribution in [0.4, 0.5) is 0 Å². The first-order valence-electron chi connectivity index (χ1n) is 12.7. The number of nitrogens with one attached hydrogen (secondary N) is 1. The van der Waals surface area contributed by atoms with E-state index < -0.39 is 0 Å². The minimum absolute atomic E-state index is 0.0401. The monoisotopic (exact) mass is 464 g/mol. The molecule has 6 rings (SSSR count). The number of aryl methyl sites for hydroxylation is 1. The molecule has 34 heavy (non-hydrogen) atoms. The van der Waals surface area contributed by atoms with Crippen LogP contribution >= 0.6 is 0 Å². The lowest BCUT2D eigenvalue weighted by Crippen LogP contribution is -2.42. The van der Waals surface area contributed by atoms with Gasteiger partial charge in [-0.15, -0.1) is 0 Å². The third-order valence-corrected chi connectivity index (χ3v) is 8.57. The van der Waals surface area contributed by atoms with Crippen molar-refractivity contribution in [3.8, 4) is 5.95 Å². The molecule has 2 aliphatic carbocycles. The summed E-state index contributed by atoms with van der Waals surface area (Å²) >= 11 is 0. The minimum atomic E-state index is -0.111. The van der Waals surface area contributed by atoms with E-state index in [2.05, 4.69) is 20.0 Å². The quantitative estimate of drug-likeness (QED) is 0.748. The van der Waals surface area contributed by atoms with Gasteiger partial charge in [0, 0.05) is 37.7 Å². The Morgan fingerprint density at radius 3 is 2.56 bits per heavy atom. The van der Waals surface area contributed by atoms with E-state index in [9.17, 15) is 14.4 Å². The fourth-order valence-corrected chi connectivity index (χ4v) is 6.27. The van der Waals surface area contributed by atoms with Crippen molar-refractivity contribution in [1.29, 1.82) is 0 Å². The van der Waals surface area contributed by atoms with Gasteiger partial charge in [-0.25, -0.2) is 9.67 Å². The number of amides is 2. The van der Waals surface area contributed by atoms with Crippen molar-refractivity contribution < 1.29 is 9.59 Å². The van der Waals surface area contributed by atoms with Gasteiger partial charge in [0.05, 0.1) is 23.1 Å². The molecule has 0 bridgehead atoms. The number of nitrogens with zero attached hydrogens (tertiary/aromatic N) is 5. The van der Waals surface area contributed by atoms with Gasteiger partial charge >= 0.3 is 0 Å². The Kier molecular flexibility index (Phi) is 5.11. The van der Waals surface area contributed by atoms with Gasteiger partial charge in [-0.2, -0.15) is 5.10 Å². The molecule has 1 spiro atoms. The van der Waals surface area contributed by atoms with Gasteiger partial charge in [0.15, 0.2) is 0 Å². The van der Waals surface area contributed by atoms with Crippen LogP contribution in [0.3, 0.4) is 0 Å². The average molecular weight is 465 g/mol. The molecule has 2 aromatic heterocycles. The van der Waals surface area contributed by atoms with Gasteiger partial charge in [0.25, 0.3) is 11.5 Å². The maximum Gasteiger partial charge on any atom is 0.257 e. The van der Waals surface area contributed by atoms with E-state index in [1.54, 1.807) is 10.9 Å². The highest BCUT2D eigenvalue weighted by molar-refractivity contribution is 5.95. The van der Waals surface area contributed by atoms with Crippen molar-refractivity contribution in [1.82, 2.24) is 29.5 Å². The summed E-state index contributed by atoms with van der Waals surface area (Å²) in [5.74, 6) is 0.820. The summed E-state index contributed by atoms with van der Waals surface area (Å²) in [4.78, 5) is 50.1. The lowest BCUT2D eigenvalue weighted by molar-refractivity contribution is -0.134. The molecular formula is C25H32N6O3. The van der Waals surface area contributed by atoms with E-state index in [1.807, 2.05) is 11.8 Å². The first kappa shape index (κ1) is 21.6. The van der Waals surface area contributed by atoms with Crippen molar-refractivity contribution in [3.63, 3.8) is 0 Å². The van der Waals surface area contributed by atoms with Crippen molar-refractivity contribution in [3.05, 3.63) is 39.1 Å². The van der Waals surface area contributed by atoms with Crippen LogP contribution in [0.5, 0.6) is 0 Å². The van der Waals surface area contributed by atoms with Crippen molar-refractivity contribution >= 4 is 11.8 Å². The summed E-state index contributed by atoms with van der Waals surface area (Å²) in [7, 11) is 0. The van der Waals surface area contributed by atoms with E-state index >= 15 is 0 Å². The predicted molar refractivity (Wildman–Crippen MR) is 125 cm³/mol. The fraction of sp³-hybridized carbons (Fsp3) is 0.640. The van der Waals surface area contributed by atoms with E-state index in [0.717, 1.165) is 75.7 Å². The molecule has 3 fully saturated rings. The predicted octanol–water partition coefficient (Wildman–Crippen LogP) is 2.01. The molecular weight excluding hydrogens is 432 g/mol. The Hall–Kier alpha value is -2.97. The average Bonchev–Trinajstić information content (AvgIpc) is 3.17. The van der Waals surface area contributed by atoms with Crippen molar-refractivity contribution in [2.24, 2.45) is 11.3 Å². The third-order valence-electron chi connectivity index (χ3n) is 8.57. The first-order chi connectivity index (χ1) is 16.5. The summed E-state index contributed by atoms with van der Waals surface area (Å²) in [6.45, 7) is 4.99. The Bertz CT molecular complexity index is 1200. The van der Waals surface area contributed by atoms with E-state index in [1.165, 1.54) is 6.42 Å². The highest BCUT2D eigenvalue weighted by Crippen LogP contribution is 2.60. The van der Waals surface area contributed by atoms with E-state index in [0.29, 0.717) is 36.2 Å². The van der Waals surface area contributed by atoms with E-state index in [-0.39, 0.29) is 22.8 Å². The van der Waals surface area contributed by atoms with Crippen LogP contribution in [-0.2, 0) is 17.6 Å². The molecule has 2 aromatic rings. The molecule has 1 unspecified atom stereocenters. The molecule has 9 heteroatoms. The number of hydrogen-bond acceptors (Lipinski definition) is 5. The van der Waals surface area contributed by atoms with E-state index in [4.69, 9.17) is 0 Å². The smallest absolute Gasteiger partial charge is 0.257 e. The zero-order valence-corrected chi connectivity index (χ0v) is 19.8. The molecule has 2 amide bonds. The van der Waals surface area contributed by atoms with Crippen LogP contribution < -0.4 is 5.56 Å². The van der Waals surface area contributed by atoms with Gasteiger partial charge in [-0.3, -0.25) is 19.4 Å². The Balaban J connectivity index is 1.13. The summed E-state index contributed by atoms with van der Waals surface area (Å²) in [5.41, 5.74) is 2.80. The summed E-state index contributed by atoms with van der Waals surface area (Å²) < 4.78 is 1.56. The highest BCUT2D eigenvalue weighted by atomic mass is 16.2. The highest BCUT2D eigenvalue weighted by Gasteiger charge is 2.59. The third kappa shape index (κ3) is 3.47. The Morgan fingerprint density at radius 1 is 1.03 bits per heavy atom. The standard InChI is InChI=1S/C25H32N6O3/c1-16-18(15-26-31(16)24-27-20-7-5-6-17(20)21(32)28-24)22(33)30-12-8-25(9-13-30)14-19(25)23(34)29-10-3-2-4-11-29/h15,19H,2-14H2,1H3,(H,27,28,32). The molecule has 0 radical (unpaired) electrons. The number of carbonyl (C=O) groups excluding carboxylic acids is 2. The van der Waals surface area contributed by atoms with Crippen LogP contribution in [0.1, 0.15) is 72.3 Å². The molecule has 2 saturated heterocycles. The molecule has 2 aliphatic heterocycles. The largest absolute Gasteiger partial charge is 0.342 e. The number of hydrogen-bond donors (Lipinski definition) is 1. The molecule has 180 valence electrons. The van der Waals surface area contributed by atoms with Crippen LogP contribution in [0.15, 0.2) is 11.0 Å². The number of rotatable bonds is 3. The van der Waals surface area contributed by atoms with Crippen LogP contribution in [0, 0.1) is 18.3 Å². The normalized spacial score (nSPS) is 23.3. The van der Waals surface area contributed by atoms with Gasteiger partial charge in [-0.05, 0) is 70.1 Å². The summed E-state index contributed by atoms with van der Waals surface area (Å²) in [5, 5.41) is 4.38. The molecule has 9 nitrogen and oxygen atoms in total. The zero-order valence-electron chi connectivity index (χ0n) is 19.8. The number of carbonyl (C=O) groups is 2. The Labute approximate surface area is 198 Å². The lowest BCUT2D eigenvalue weighted by atomic mass is 9.90.